The first-order chi connectivity index (χ1) is 13.2. The van der Waals surface area contributed by atoms with Gasteiger partial charge in [0.15, 0.2) is 0 Å². The van der Waals surface area contributed by atoms with E-state index in [2.05, 4.69) is 21.6 Å². The number of carbonyl (C=O) groups is 2. The summed E-state index contributed by atoms with van der Waals surface area (Å²) in [5.41, 5.74) is 1.86. The van der Waals surface area contributed by atoms with Gasteiger partial charge in [0, 0.05) is 44.2 Å². The van der Waals surface area contributed by atoms with Gasteiger partial charge in [0.05, 0.1) is 0 Å². The summed E-state index contributed by atoms with van der Waals surface area (Å²) in [5, 5.41) is 5.93. The molecule has 3 rings (SSSR count). The zero-order valence-corrected chi connectivity index (χ0v) is 16.4. The van der Waals surface area contributed by atoms with Gasteiger partial charge in [-0.3, -0.25) is 4.79 Å². The Hall–Kier alpha value is -2.08. The largest absolute Gasteiger partial charge is 0.351 e. The predicted molar refractivity (Wildman–Crippen MR) is 107 cm³/mol. The van der Waals surface area contributed by atoms with Crippen LogP contribution in [0.3, 0.4) is 0 Å². The molecule has 0 aromatic heterocycles. The van der Waals surface area contributed by atoms with Gasteiger partial charge in [0.25, 0.3) is 5.91 Å². The highest BCUT2D eigenvalue weighted by Crippen LogP contribution is 2.27. The minimum atomic E-state index is -0.00700. The molecule has 2 saturated heterocycles. The van der Waals surface area contributed by atoms with Gasteiger partial charge in [-0.25, -0.2) is 4.79 Å². The molecule has 0 saturated carbocycles. The van der Waals surface area contributed by atoms with Gasteiger partial charge >= 0.3 is 6.03 Å². The first-order valence-corrected chi connectivity index (χ1v) is 10.3. The Balaban J connectivity index is 1.55. The number of urea groups is 1. The Bertz CT molecular complexity index is 643. The van der Waals surface area contributed by atoms with Crippen LogP contribution in [0.5, 0.6) is 0 Å². The maximum absolute atomic E-state index is 12.5. The fraction of sp³-hybridized carbons (Fsp3) is 0.619. The molecule has 2 heterocycles. The van der Waals surface area contributed by atoms with Crippen LogP contribution in [-0.2, 0) is 0 Å². The number of piperidine rings is 1. The van der Waals surface area contributed by atoms with Crippen LogP contribution < -0.4 is 10.6 Å². The number of nitrogens with one attached hydrogen (secondary N) is 2. The Morgan fingerprint density at radius 1 is 1.11 bits per heavy atom. The molecule has 148 valence electrons. The zero-order valence-electron chi connectivity index (χ0n) is 16.4. The van der Waals surface area contributed by atoms with E-state index in [1.165, 1.54) is 12.8 Å². The number of rotatable bonds is 6. The minimum Gasteiger partial charge on any atom is -0.351 e. The average Bonchev–Trinajstić information content (AvgIpc) is 3.22. The van der Waals surface area contributed by atoms with E-state index in [9.17, 15) is 9.59 Å². The highest BCUT2D eigenvalue weighted by molar-refractivity contribution is 5.94. The number of hydrogen-bond acceptors (Lipinski definition) is 3. The molecule has 3 amide bonds. The average molecular weight is 373 g/mol. The van der Waals surface area contributed by atoms with Crippen LogP contribution in [0.2, 0.25) is 0 Å². The van der Waals surface area contributed by atoms with Crippen LogP contribution in [0.4, 0.5) is 4.79 Å². The van der Waals surface area contributed by atoms with Crippen LogP contribution >= 0.6 is 0 Å². The monoisotopic (exact) mass is 372 g/mol. The molecule has 6 nitrogen and oxygen atoms in total. The van der Waals surface area contributed by atoms with Crippen molar-refractivity contribution in [1.29, 1.82) is 0 Å². The Kier molecular flexibility index (Phi) is 7.10. The van der Waals surface area contributed by atoms with E-state index in [1.54, 1.807) is 0 Å². The van der Waals surface area contributed by atoms with Gasteiger partial charge in [-0.05, 0) is 63.4 Å². The third-order valence-electron chi connectivity index (χ3n) is 5.57. The lowest BCUT2D eigenvalue weighted by molar-refractivity contribution is 0.0949. The first kappa shape index (κ1) is 19.7. The number of nitrogens with zero attached hydrogens (tertiary/aromatic N) is 2. The number of carbonyl (C=O) groups excluding carboxylic acids is 2. The van der Waals surface area contributed by atoms with E-state index < -0.39 is 0 Å². The third-order valence-corrected chi connectivity index (χ3v) is 5.57. The maximum atomic E-state index is 12.5. The van der Waals surface area contributed by atoms with E-state index in [0.717, 1.165) is 44.6 Å². The van der Waals surface area contributed by atoms with Crippen LogP contribution in [0.25, 0.3) is 0 Å². The highest BCUT2D eigenvalue weighted by atomic mass is 16.2. The number of benzene rings is 1. The van der Waals surface area contributed by atoms with Crippen molar-refractivity contribution in [3.8, 4) is 0 Å². The molecule has 2 aliphatic heterocycles. The summed E-state index contributed by atoms with van der Waals surface area (Å²) in [6.45, 7) is 8.01. The SMILES string of the molecule is CCNC(=O)N1CCCC(c2cccc(C(=O)NCCN3CCCC3)c2)C1. The van der Waals surface area contributed by atoms with Crippen LogP contribution in [-0.4, -0.2) is 67.6 Å². The lowest BCUT2D eigenvalue weighted by Gasteiger charge is -2.33. The Labute approximate surface area is 162 Å². The lowest BCUT2D eigenvalue weighted by Crippen LogP contribution is -2.44. The maximum Gasteiger partial charge on any atom is 0.317 e. The zero-order chi connectivity index (χ0) is 19.1. The van der Waals surface area contributed by atoms with Gasteiger partial charge in [-0.1, -0.05) is 12.1 Å². The van der Waals surface area contributed by atoms with E-state index in [0.29, 0.717) is 31.1 Å². The minimum absolute atomic E-state index is 0.00700. The topological polar surface area (TPSA) is 64.7 Å². The molecule has 0 bridgehead atoms. The van der Waals surface area contributed by atoms with E-state index in [-0.39, 0.29) is 11.9 Å². The molecule has 0 aliphatic carbocycles. The summed E-state index contributed by atoms with van der Waals surface area (Å²) in [5.74, 6) is 0.283. The Morgan fingerprint density at radius 3 is 2.70 bits per heavy atom. The molecule has 1 unspecified atom stereocenters. The molecule has 0 radical (unpaired) electrons. The summed E-state index contributed by atoms with van der Waals surface area (Å²) in [6, 6.07) is 7.91. The van der Waals surface area contributed by atoms with E-state index >= 15 is 0 Å². The summed E-state index contributed by atoms with van der Waals surface area (Å²) in [4.78, 5) is 28.9. The fourth-order valence-electron chi connectivity index (χ4n) is 4.07. The molecule has 2 fully saturated rings. The van der Waals surface area contributed by atoms with Gasteiger partial charge < -0.3 is 20.4 Å². The van der Waals surface area contributed by atoms with Crippen molar-refractivity contribution in [2.75, 3.05) is 45.8 Å². The molecule has 1 aromatic rings. The highest BCUT2D eigenvalue weighted by Gasteiger charge is 2.25. The van der Waals surface area contributed by atoms with Crippen molar-refractivity contribution in [2.45, 2.75) is 38.5 Å². The summed E-state index contributed by atoms with van der Waals surface area (Å²) < 4.78 is 0. The van der Waals surface area contributed by atoms with Crippen molar-refractivity contribution in [2.24, 2.45) is 0 Å². The van der Waals surface area contributed by atoms with Crippen molar-refractivity contribution < 1.29 is 9.59 Å². The number of hydrogen-bond donors (Lipinski definition) is 2. The van der Waals surface area contributed by atoms with Gasteiger partial charge in [0.1, 0.15) is 0 Å². The van der Waals surface area contributed by atoms with Crippen LogP contribution in [0.15, 0.2) is 24.3 Å². The van der Waals surface area contributed by atoms with E-state index in [4.69, 9.17) is 0 Å². The molecule has 2 aliphatic rings. The molecule has 6 heteroatoms. The molecule has 2 N–H and O–H groups in total. The summed E-state index contributed by atoms with van der Waals surface area (Å²) in [6.07, 6.45) is 4.58. The third kappa shape index (κ3) is 5.45. The smallest absolute Gasteiger partial charge is 0.317 e. The summed E-state index contributed by atoms with van der Waals surface area (Å²) >= 11 is 0. The van der Waals surface area contributed by atoms with Crippen molar-refractivity contribution >= 4 is 11.9 Å². The lowest BCUT2D eigenvalue weighted by atomic mass is 9.89. The molecular formula is C21H32N4O2. The summed E-state index contributed by atoms with van der Waals surface area (Å²) in [7, 11) is 0. The number of likely N-dealkylation sites (tertiary alicyclic amines) is 2. The van der Waals surface area contributed by atoms with Crippen LogP contribution in [0, 0.1) is 0 Å². The van der Waals surface area contributed by atoms with Gasteiger partial charge in [0.2, 0.25) is 0 Å². The van der Waals surface area contributed by atoms with Gasteiger partial charge in [-0.2, -0.15) is 0 Å². The molecule has 0 spiro atoms. The van der Waals surface area contributed by atoms with Crippen LogP contribution in [0.1, 0.15) is 54.4 Å². The number of amides is 3. The van der Waals surface area contributed by atoms with Crippen molar-refractivity contribution in [3.05, 3.63) is 35.4 Å². The van der Waals surface area contributed by atoms with Gasteiger partial charge in [-0.15, -0.1) is 0 Å². The first-order valence-electron chi connectivity index (χ1n) is 10.3. The van der Waals surface area contributed by atoms with E-state index in [1.807, 2.05) is 30.0 Å². The molecule has 27 heavy (non-hydrogen) atoms. The second kappa shape index (κ2) is 9.74. The van der Waals surface area contributed by atoms with Crippen molar-refractivity contribution in [1.82, 2.24) is 20.4 Å². The Morgan fingerprint density at radius 2 is 1.93 bits per heavy atom. The second-order valence-electron chi connectivity index (χ2n) is 7.55. The second-order valence-corrected chi connectivity index (χ2v) is 7.55. The normalized spacial score (nSPS) is 20.5. The predicted octanol–water partition coefficient (Wildman–Crippen LogP) is 2.42. The van der Waals surface area contributed by atoms with Crippen molar-refractivity contribution in [3.63, 3.8) is 0 Å². The fourth-order valence-corrected chi connectivity index (χ4v) is 4.07. The standard InChI is InChI=1S/C21H32N4O2/c1-2-22-21(27)25-13-6-9-19(16-25)17-7-5-8-18(15-17)20(26)23-10-14-24-11-3-4-12-24/h5,7-8,15,19H,2-4,6,9-14,16H2,1H3,(H,22,27)(H,23,26). The molecular weight excluding hydrogens is 340 g/mol. The quantitative estimate of drug-likeness (QED) is 0.806. The molecule has 1 atom stereocenters. The molecule has 1 aromatic carbocycles.